The Bertz CT molecular complexity index is 1050. The quantitative estimate of drug-likeness (QED) is 0.480. The van der Waals surface area contributed by atoms with E-state index >= 15 is 0 Å². The van der Waals surface area contributed by atoms with E-state index < -0.39 is 6.04 Å². The minimum Gasteiger partial charge on any atom is -0.497 e. The monoisotopic (exact) mass is 458 g/mol. The van der Waals surface area contributed by atoms with Gasteiger partial charge in [-0.15, -0.1) is 0 Å². The SMILES string of the molecule is COc1cc(OC)cc(C(NC(=O)CCNc2cc(Cl)ccc2OC)c2nccn2C)c1. The summed E-state index contributed by atoms with van der Waals surface area (Å²) < 4.78 is 18.0. The first-order chi connectivity index (χ1) is 15.4. The number of nitrogens with one attached hydrogen (secondary N) is 2. The normalized spacial score (nSPS) is 11.5. The fraction of sp³-hybridized carbons (Fsp3) is 0.304. The van der Waals surface area contributed by atoms with E-state index in [0.29, 0.717) is 34.6 Å². The second-order valence-corrected chi connectivity index (χ2v) is 7.50. The maximum Gasteiger partial charge on any atom is 0.222 e. The van der Waals surface area contributed by atoms with Crippen molar-refractivity contribution in [1.29, 1.82) is 0 Å². The van der Waals surface area contributed by atoms with Crippen LogP contribution in [0.3, 0.4) is 0 Å². The second kappa shape index (κ2) is 10.8. The highest BCUT2D eigenvalue weighted by molar-refractivity contribution is 6.30. The average Bonchev–Trinajstić information content (AvgIpc) is 3.22. The Morgan fingerprint density at radius 2 is 1.81 bits per heavy atom. The molecule has 0 aliphatic carbocycles. The van der Waals surface area contributed by atoms with Crippen molar-refractivity contribution in [1.82, 2.24) is 14.9 Å². The summed E-state index contributed by atoms with van der Waals surface area (Å²) in [7, 11) is 6.64. The molecule has 9 heteroatoms. The molecule has 0 aliphatic rings. The molecular weight excluding hydrogens is 432 g/mol. The molecule has 0 saturated heterocycles. The van der Waals surface area contributed by atoms with Crippen LogP contribution in [0.4, 0.5) is 5.69 Å². The predicted molar refractivity (Wildman–Crippen MR) is 124 cm³/mol. The van der Waals surface area contributed by atoms with Crippen molar-refractivity contribution in [3.05, 3.63) is 65.2 Å². The molecule has 32 heavy (non-hydrogen) atoms. The first-order valence-corrected chi connectivity index (χ1v) is 10.4. The number of benzene rings is 2. The molecule has 2 N–H and O–H groups in total. The lowest BCUT2D eigenvalue weighted by atomic mass is 10.0. The number of rotatable bonds is 10. The Kier molecular flexibility index (Phi) is 7.83. The Hall–Kier alpha value is -3.39. The summed E-state index contributed by atoms with van der Waals surface area (Å²) in [5.41, 5.74) is 1.53. The number of hydrogen-bond acceptors (Lipinski definition) is 6. The third-order valence-corrected chi connectivity index (χ3v) is 5.19. The number of anilines is 1. The van der Waals surface area contributed by atoms with Gasteiger partial charge >= 0.3 is 0 Å². The fourth-order valence-corrected chi connectivity index (χ4v) is 3.48. The average molecular weight is 459 g/mol. The number of nitrogens with zero attached hydrogens (tertiary/aromatic N) is 2. The van der Waals surface area contributed by atoms with E-state index in [4.69, 9.17) is 25.8 Å². The van der Waals surface area contributed by atoms with Crippen LogP contribution in [0.1, 0.15) is 23.9 Å². The number of carbonyl (C=O) groups is 1. The van der Waals surface area contributed by atoms with Gasteiger partial charge in [0.05, 0.1) is 27.0 Å². The summed E-state index contributed by atoms with van der Waals surface area (Å²) in [5.74, 6) is 2.46. The van der Waals surface area contributed by atoms with Gasteiger partial charge in [-0.05, 0) is 35.9 Å². The molecule has 0 saturated carbocycles. The zero-order chi connectivity index (χ0) is 23.1. The molecule has 1 atom stereocenters. The van der Waals surface area contributed by atoms with E-state index in [9.17, 15) is 4.79 Å². The maximum atomic E-state index is 12.8. The van der Waals surface area contributed by atoms with Gasteiger partial charge in [-0.3, -0.25) is 4.79 Å². The van der Waals surface area contributed by atoms with E-state index in [0.717, 1.165) is 11.3 Å². The number of imidazole rings is 1. The van der Waals surface area contributed by atoms with Crippen LogP contribution in [-0.4, -0.2) is 43.3 Å². The maximum absolute atomic E-state index is 12.8. The molecule has 8 nitrogen and oxygen atoms in total. The number of aryl methyl sites for hydroxylation is 1. The molecule has 1 heterocycles. The second-order valence-electron chi connectivity index (χ2n) is 7.06. The molecule has 0 radical (unpaired) electrons. The van der Waals surface area contributed by atoms with Crippen molar-refractivity contribution >= 4 is 23.2 Å². The summed E-state index contributed by atoms with van der Waals surface area (Å²) in [6.45, 7) is 0.400. The number of methoxy groups -OCH3 is 3. The van der Waals surface area contributed by atoms with Crippen LogP contribution in [-0.2, 0) is 11.8 Å². The smallest absolute Gasteiger partial charge is 0.222 e. The number of halogens is 1. The number of carbonyl (C=O) groups excluding carboxylic acids is 1. The Balaban J connectivity index is 1.76. The van der Waals surface area contributed by atoms with Crippen molar-refractivity contribution in [2.75, 3.05) is 33.2 Å². The molecule has 1 aromatic heterocycles. The standard InChI is InChI=1S/C23H27ClN4O4/c1-28-10-9-26-23(28)22(15-11-17(30-2)14-18(12-15)31-3)27-21(29)7-8-25-19-13-16(24)5-6-20(19)32-4/h5-6,9-14,22,25H,7-8H2,1-4H3,(H,27,29). The Labute approximate surface area is 192 Å². The largest absolute Gasteiger partial charge is 0.497 e. The van der Waals surface area contributed by atoms with Crippen molar-refractivity contribution in [3.8, 4) is 17.2 Å². The Morgan fingerprint density at radius 1 is 1.09 bits per heavy atom. The van der Waals surface area contributed by atoms with Crippen LogP contribution in [0, 0.1) is 0 Å². The van der Waals surface area contributed by atoms with Gasteiger partial charge in [-0.2, -0.15) is 0 Å². The van der Waals surface area contributed by atoms with Gasteiger partial charge < -0.3 is 29.4 Å². The van der Waals surface area contributed by atoms with Gasteiger partial charge in [-0.1, -0.05) is 11.6 Å². The van der Waals surface area contributed by atoms with Gasteiger partial charge in [0.15, 0.2) is 0 Å². The predicted octanol–water partition coefficient (Wildman–Crippen LogP) is 3.81. The molecule has 0 spiro atoms. The molecule has 170 valence electrons. The summed E-state index contributed by atoms with van der Waals surface area (Å²) in [6, 6.07) is 10.3. The highest BCUT2D eigenvalue weighted by atomic mass is 35.5. The van der Waals surface area contributed by atoms with Gasteiger partial charge in [0, 0.05) is 43.5 Å². The van der Waals surface area contributed by atoms with Crippen LogP contribution in [0.5, 0.6) is 17.2 Å². The molecule has 0 fully saturated rings. The lowest BCUT2D eigenvalue weighted by Crippen LogP contribution is -2.32. The number of ether oxygens (including phenoxy) is 3. The van der Waals surface area contributed by atoms with Crippen LogP contribution in [0.2, 0.25) is 5.02 Å². The summed E-state index contributed by atoms with van der Waals surface area (Å²) in [4.78, 5) is 17.3. The number of aromatic nitrogens is 2. The first kappa shape index (κ1) is 23.3. The molecule has 0 aliphatic heterocycles. The Morgan fingerprint density at radius 3 is 2.41 bits per heavy atom. The highest BCUT2D eigenvalue weighted by Crippen LogP contribution is 2.30. The lowest BCUT2D eigenvalue weighted by Gasteiger charge is -2.21. The minimum absolute atomic E-state index is 0.145. The van der Waals surface area contributed by atoms with Gasteiger partial charge in [0.1, 0.15) is 29.1 Å². The molecule has 3 aromatic rings. The molecule has 0 bridgehead atoms. The van der Waals surface area contributed by atoms with E-state index in [2.05, 4.69) is 15.6 Å². The zero-order valence-electron chi connectivity index (χ0n) is 18.5. The summed E-state index contributed by atoms with van der Waals surface area (Å²) in [5, 5.41) is 6.86. The molecule has 2 aromatic carbocycles. The zero-order valence-corrected chi connectivity index (χ0v) is 19.3. The van der Waals surface area contributed by atoms with Crippen molar-refractivity contribution in [3.63, 3.8) is 0 Å². The van der Waals surface area contributed by atoms with Crippen LogP contribution in [0.25, 0.3) is 0 Å². The fourth-order valence-electron chi connectivity index (χ4n) is 3.31. The van der Waals surface area contributed by atoms with Gasteiger partial charge in [0.25, 0.3) is 0 Å². The van der Waals surface area contributed by atoms with Gasteiger partial charge in [0.2, 0.25) is 5.91 Å². The summed E-state index contributed by atoms with van der Waals surface area (Å²) >= 11 is 6.07. The molecule has 3 rings (SSSR count). The van der Waals surface area contributed by atoms with Crippen molar-refractivity contribution in [2.24, 2.45) is 7.05 Å². The van der Waals surface area contributed by atoms with Gasteiger partial charge in [-0.25, -0.2) is 4.98 Å². The van der Waals surface area contributed by atoms with Crippen molar-refractivity contribution in [2.45, 2.75) is 12.5 Å². The summed E-state index contributed by atoms with van der Waals surface area (Å²) in [6.07, 6.45) is 3.76. The number of hydrogen-bond donors (Lipinski definition) is 2. The van der Waals surface area contributed by atoms with Crippen molar-refractivity contribution < 1.29 is 19.0 Å². The van der Waals surface area contributed by atoms with Crippen LogP contribution in [0.15, 0.2) is 48.8 Å². The van der Waals surface area contributed by atoms with Crippen LogP contribution >= 0.6 is 11.6 Å². The van der Waals surface area contributed by atoms with Crippen LogP contribution < -0.4 is 24.8 Å². The molecular formula is C23H27ClN4O4. The molecule has 1 unspecified atom stereocenters. The van der Waals surface area contributed by atoms with E-state index in [1.807, 2.05) is 29.9 Å². The third-order valence-electron chi connectivity index (χ3n) is 4.96. The topological polar surface area (TPSA) is 86.6 Å². The first-order valence-electron chi connectivity index (χ1n) is 10.0. The number of amides is 1. The van der Waals surface area contributed by atoms with E-state index in [1.165, 1.54) is 0 Å². The lowest BCUT2D eigenvalue weighted by molar-refractivity contribution is -0.121. The van der Waals surface area contributed by atoms with E-state index in [1.54, 1.807) is 51.8 Å². The van der Waals surface area contributed by atoms with E-state index in [-0.39, 0.29) is 12.3 Å². The third kappa shape index (κ3) is 5.64. The highest BCUT2D eigenvalue weighted by Gasteiger charge is 2.22. The molecule has 1 amide bonds. The minimum atomic E-state index is -0.479.